The number of aromatic nitrogens is 2. The second-order valence-corrected chi connectivity index (χ2v) is 21.9. The molecule has 1 fully saturated rings. The lowest BCUT2D eigenvalue weighted by Crippen LogP contribution is -2.71. The number of alkyl carbamates (subject to hydrolysis) is 1. The van der Waals surface area contributed by atoms with E-state index in [1.54, 1.807) is 64.9 Å². The van der Waals surface area contributed by atoms with Crippen LogP contribution >= 0.6 is 46.6 Å². The second kappa shape index (κ2) is 21.9. The van der Waals surface area contributed by atoms with E-state index < -0.39 is 58.2 Å². The third-order valence-corrected chi connectivity index (χ3v) is 14.7. The molecule has 4 amide bonds. The van der Waals surface area contributed by atoms with Gasteiger partial charge < -0.3 is 30.1 Å². The van der Waals surface area contributed by atoms with Gasteiger partial charge in [0, 0.05) is 45.4 Å². The van der Waals surface area contributed by atoms with Crippen molar-refractivity contribution < 1.29 is 43.4 Å². The summed E-state index contributed by atoms with van der Waals surface area (Å²) in [5.41, 5.74) is 1.19. The Morgan fingerprint density at radius 3 is 2.00 bits per heavy atom. The number of aliphatic carboxylic acids is 1. The van der Waals surface area contributed by atoms with Crippen molar-refractivity contribution in [3.63, 3.8) is 0 Å². The maximum atomic E-state index is 14.7. The Bertz CT molecular complexity index is 2630. The van der Waals surface area contributed by atoms with E-state index in [0.717, 1.165) is 9.90 Å². The predicted molar refractivity (Wildman–Crippen MR) is 269 cm³/mol. The van der Waals surface area contributed by atoms with Crippen LogP contribution in [0.4, 0.5) is 15.4 Å². The number of carboxylic acids is 1. The molecule has 16 nitrogen and oxygen atoms in total. The number of carbonyl (C=O) groups is 5. The molecule has 4 N–H and O–H groups in total. The Morgan fingerprint density at radius 1 is 0.826 bits per heavy atom. The van der Waals surface area contributed by atoms with E-state index in [9.17, 15) is 29.1 Å². The van der Waals surface area contributed by atoms with Crippen LogP contribution in [0.5, 0.6) is 0 Å². The number of rotatable bonds is 17. The number of carbonyl (C=O) groups excluding carboxylic acids is 4. The first-order valence-corrected chi connectivity index (χ1v) is 25.6. The number of fused-ring (bicyclic) bond motifs is 1. The summed E-state index contributed by atoms with van der Waals surface area (Å²) in [6.07, 6.45) is -1.27. The monoisotopic (exact) mass is 1010 g/mol. The minimum atomic E-state index is -1.41. The fraction of sp³-hybridized carbons (Fsp3) is 0.306. The minimum absolute atomic E-state index is 0.00768. The predicted octanol–water partition coefficient (Wildman–Crippen LogP) is 8.84. The highest BCUT2D eigenvalue weighted by Crippen LogP contribution is 2.47. The average Bonchev–Trinajstić information content (AvgIpc) is 3.75. The number of ether oxygens (including phenoxy) is 2. The van der Waals surface area contributed by atoms with Gasteiger partial charge >= 0.3 is 18.2 Å². The lowest BCUT2D eigenvalue weighted by Gasteiger charge is -2.49. The van der Waals surface area contributed by atoms with Gasteiger partial charge in [-0.1, -0.05) is 114 Å². The van der Waals surface area contributed by atoms with Crippen LogP contribution in [0.2, 0.25) is 0 Å². The molecule has 0 bridgehead atoms. The summed E-state index contributed by atoms with van der Waals surface area (Å²) in [4.78, 5) is 84.1. The Morgan fingerprint density at radius 2 is 1.42 bits per heavy atom. The van der Waals surface area contributed by atoms with Crippen LogP contribution in [0.25, 0.3) is 0 Å². The van der Waals surface area contributed by atoms with E-state index >= 15 is 0 Å². The first-order chi connectivity index (χ1) is 32.9. The van der Waals surface area contributed by atoms with E-state index in [2.05, 4.69) is 31.1 Å². The van der Waals surface area contributed by atoms with Crippen molar-refractivity contribution in [2.45, 2.75) is 79.7 Å². The molecular weight excluding hydrogens is 959 g/mol. The van der Waals surface area contributed by atoms with Gasteiger partial charge in [0.2, 0.25) is 5.60 Å². The molecule has 3 aromatic carbocycles. The van der Waals surface area contributed by atoms with Crippen molar-refractivity contribution >= 4 is 88.1 Å². The van der Waals surface area contributed by atoms with Gasteiger partial charge in [0.25, 0.3) is 11.8 Å². The van der Waals surface area contributed by atoms with E-state index in [1.807, 2.05) is 91.0 Å². The molecule has 20 heteroatoms. The largest absolute Gasteiger partial charge is 0.477 e. The average molecular weight is 1010 g/mol. The number of carboxylic acid groups (broad SMARTS) is 1. The Balaban J connectivity index is 1.16. The molecule has 5 aromatic rings. The fourth-order valence-electron chi connectivity index (χ4n) is 7.18. The lowest BCUT2D eigenvalue weighted by molar-refractivity contribution is -0.150. The van der Waals surface area contributed by atoms with Gasteiger partial charge in [-0.3, -0.25) is 19.8 Å². The number of thioether (sulfide) groups is 3. The number of hydrogen-bond acceptors (Lipinski definition) is 15. The number of amides is 4. The van der Waals surface area contributed by atoms with Gasteiger partial charge in [0.15, 0.2) is 5.71 Å². The zero-order valence-corrected chi connectivity index (χ0v) is 41.9. The van der Waals surface area contributed by atoms with E-state index in [0.29, 0.717) is 39.6 Å². The van der Waals surface area contributed by atoms with Gasteiger partial charge in [-0.25, -0.2) is 24.4 Å². The highest BCUT2D eigenvalue weighted by molar-refractivity contribution is 8.07. The maximum absolute atomic E-state index is 14.7. The third kappa shape index (κ3) is 12.5. The van der Waals surface area contributed by atoms with E-state index in [4.69, 9.17) is 14.3 Å². The van der Waals surface area contributed by atoms with Crippen molar-refractivity contribution in [1.29, 1.82) is 0 Å². The van der Waals surface area contributed by atoms with Gasteiger partial charge in [0.1, 0.15) is 39.8 Å². The van der Waals surface area contributed by atoms with Gasteiger partial charge in [-0.15, -0.1) is 23.1 Å². The summed E-state index contributed by atoms with van der Waals surface area (Å²) in [5.74, 6) is -1.38. The number of pyridine rings is 1. The second-order valence-electron chi connectivity index (χ2n) is 17.5. The third-order valence-electron chi connectivity index (χ3n) is 10.0. The fourth-order valence-corrected chi connectivity index (χ4v) is 11.7. The molecule has 4 heterocycles. The van der Waals surface area contributed by atoms with Crippen molar-refractivity contribution in [2.75, 3.05) is 23.4 Å². The Labute approximate surface area is 416 Å². The lowest BCUT2D eigenvalue weighted by atomic mass is 9.80. The molecular formula is C49H51N7O9S4. The van der Waals surface area contributed by atoms with Crippen LogP contribution in [0, 0.1) is 0 Å². The SMILES string of the molecule is CC(C)(C)OC(=O)NCCSCc1ncsc1SC1=C(C(=O)O)N2C(=O)[C@@H](NC(=O)/C(=N\OC(c3ccccc3)(c3ccccc3)c3ccccc3)c3cccc(NC(=O)OC(C)(C)C)n3)[C@@H]2SC1. The molecule has 0 unspecified atom stereocenters. The number of hydrogen-bond donors (Lipinski definition) is 4. The number of thiazole rings is 1. The quantitative estimate of drug-likeness (QED) is 0.0226. The molecule has 2 aliphatic rings. The van der Waals surface area contributed by atoms with Crippen LogP contribution in [-0.2, 0) is 40.0 Å². The topological polar surface area (TPSA) is 211 Å². The highest BCUT2D eigenvalue weighted by Gasteiger charge is 2.55. The maximum Gasteiger partial charge on any atom is 0.413 e. The highest BCUT2D eigenvalue weighted by atomic mass is 32.2. The smallest absolute Gasteiger partial charge is 0.413 e. The normalized spacial score (nSPS) is 16.2. The van der Waals surface area contributed by atoms with Crippen LogP contribution in [0.1, 0.15) is 69.6 Å². The number of benzene rings is 3. The van der Waals surface area contributed by atoms with E-state index in [1.165, 1.54) is 51.9 Å². The Kier molecular flexibility index (Phi) is 16.1. The molecule has 1 saturated heterocycles. The van der Waals surface area contributed by atoms with Crippen LogP contribution in [0.3, 0.4) is 0 Å². The molecule has 7 rings (SSSR count). The molecule has 2 atom stereocenters. The first-order valence-electron chi connectivity index (χ1n) is 21.7. The summed E-state index contributed by atoms with van der Waals surface area (Å²) in [6.45, 7) is 10.9. The molecule has 2 aliphatic heterocycles. The molecule has 0 saturated carbocycles. The summed E-state index contributed by atoms with van der Waals surface area (Å²) >= 11 is 5.47. The van der Waals surface area contributed by atoms with Gasteiger partial charge in [-0.05, 0) is 53.7 Å². The number of nitrogens with one attached hydrogen (secondary N) is 3. The molecule has 0 radical (unpaired) electrons. The summed E-state index contributed by atoms with van der Waals surface area (Å²) in [6, 6.07) is 31.7. The van der Waals surface area contributed by atoms with Crippen molar-refractivity contribution in [3.8, 4) is 0 Å². The van der Waals surface area contributed by atoms with Crippen molar-refractivity contribution in [3.05, 3.63) is 153 Å². The van der Waals surface area contributed by atoms with Crippen LogP contribution in [0.15, 0.2) is 135 Å². The zero-order chi connectivity index (χ0) is 49.3. The van der Waals surface area contributed by atoms with Gasteiger partial charge in [-0.2, -0.15) is 11.8 Å². The molecule has 0 aliphatic carbocycles. The van der Waals surface area contributed by atoms with Crippen LogP contribution in [-0.4, -0.2) is 96.3 Å². The number of nitrogens with zero attached hydrogens (tertiary/aromatic N) is 4. The number of β-lactam (4-membered cyclic amide) rings is 1. The standard InChI is InChI=1S/C49H51N7O9S4/c1-47(2,3)63-45(61)50-25-26-66-27-34-44(68-29-51-34)69-35-28-67-42-38(41(58)56(42)39(35)43(59)60)54-40(57)37(33-23-16-24-36(52-33)53-46(62)64-48(4,5)6)55-65-49(30-17-10-7-11-18-30,31-19-12-8-13-20-31)32-21-14-9-15-22-32/h7-24,29,38,42H,25-28H2,1-6H3,(H,50,61)(H,54,57)(H,59,60)(H,52,53,62)/b55-37-/t38-,42+/m1/s1. The van der Waals surface area contributed by atoms with Crippen molar-refractivity contribution in [2.24, 2.45) is 5.16 Å². The molecule has 69 heavy (non-hydrogen) atoms. The van der Waals surface area contributed by atoms with Crippen molar-refractivity contribution in [1.82, 2.24) is 25.5 Å². The first kappa shape index (κ1) is 50.5. The molecule has 2 aromatic heterocycles. The van der Waals surface area contributed by atoms with Crippen LogP contribution < -0.4 is 16.0 Å². The molecule has 0 spiro atoms. The summed E-state index contributed by atoms with van der Waals surface area (Å²) in [5, 5.41) is 22.5. The molecule has 360 valence electrons. The zero-order valence-electron chi connectivity index (χ0n) is 38.6. The number of anilines is 1. The Hall–Kier alpha value is -6.35. The number of oxime groups is 1. The summed E-state index contributed by atoms with van der Waals surface area (Å²) < 4.78 is 11.5. The minimum Gasteiger partial charge on any atom is -0.477 e. The summed E-state index contributed by atoms with van der Waals surface area (Å²) in [7, 11) is 0. The van der Waals surface area contributed by atoms with Gasteiger partial charge in [0.05, 0.1) is 15.4 Å². The van der Waals surface area contributed by atoms with E-state index in [-0.39, 0.29) is 28.7 Å².